The van der Waals surface area contributed by atoms with Crippen molar-refractivity contribution in [3.63, 3.8) is 0 Å². The van der Waals surface area contributed by atoms with Crippen molar-refractivity contribution in [3.05, 3.63) is 0 Å². The van der Waals surface area contributed by atoms with Crippen LogP contribution >= 0.6 is 22.6 Å². The van der Waals surface area contributed by atoms with E-state index in [9.17, 15) is 0 Å². The van der Waals surface area contributed by atoms with E-state index in [0.29, 0.717) is 11.8 Å². The van der Waals surface area contributed by atoms with Gasteiger partial charge in [0.1, 0.15) is 0 Å². The maximum atomic E-state index is 5.41. The maximum Gasteiger partial charge on any atom is 0.246 e. The van der Waals surface area contributed by atoms with Gasteiger partial charge >= 0.3 is 0 Å². The topological polar surface area (TPSA) is 18.5 Å². The van der Waals surface area contributed by atoms with Gasteiger partial charge in [-0.25, -0.2) is 0 Å². The van der Waals surface area contributed by atoms with Crippen LogP contribution in [0.25, 0.3) is 0 Å². The molecule has 74 valence electrons. The number of halogens is 1. The van der Waals surface area contributed by atoms with Gasteiger partial charge in [-0.3, -0.25) is 0 Å². The van der Waals surface area contributed by atoms with Crippen LogP contribution in [-0.4, -0.2) is 13.2 Å². The minimum absolute atomic E-state index is 0.565. The van der Waals surface area contributed by atoms with Gasteiger partial charge in [0, 0.05) is 15.5 Å². The standard InChI is InChI=1S/C8H18BrO2P/c1-7(2)5-10-12(9)11-6-8(3)4/h7-8H,5-6H2,1-4H3. The van der Waals surface area contributed by atoms with Gasteiger partial charge in [0.2, 0.25) is 7.08 Å². The van der Waals surface area contributed by atoms with E-state index in [2.05, 4.69) is 43.2 Å². The second kappa shape index (κ2) is 7.25. The van der Waals surface area contributed by atoms with Gasteiger partial charge < -0.3 is 9.05 Å². The Labute approximate surface area is 84.7 Å². The predicted molar refractivity (Wildman–Crippen MR) is 57.4 cm³/mol. The lowest BCUT2D eigenvalue weighted by Crippen LogP contribution is -2.01. The summed E-state index contributed by atoms with van der Waals surface area (Å²) in [5.74, 6) is 1.13. The predicted octanol–water partition coefficient (Wildman–Crippen LogP) is 3.95. The van der Waals surface area contributed by atoms with Gasteiger partial charge in [-0.15, -0.1) is 0 Å². The first-order valence-electron chi connectivity index (χ1n) is 4.24. The van der Waals surface area contributed by atoms with Crippen molar-refractivity contribution >= 4 is 22.6 Å². The van der Waals surface area contributed by atoms with E-state index in [1.807, 2.05) is 0 Å². The molecule has 0 aliphatic carbocycles. The molecule has 0 bridgehead atoms. The number of rotatable bonds is 6. The van der Waals surface area contributed by atoms with Crippen molar-refractivity contribution in [2.24, 2.45) is 11.8 Å². The van der Waals surface area contributed by atoms with E-state index < -0.39 is 7.08 Å². The summed E-state index contributed by atoms with van der Waals surface area (Å²) in [6.45, 7) is 10.0. The first-order chi connectivity index (χ1) is 5.52. The highest BCUT2D eigenvalue weighted by atomic mass is 79.9. The Bertz CT molecular complexity index is 97.2. The summed E-state index contributed by atoms with van der Waals surface area (Å²) in [6.07, 6.45) is 0. The van der Waals surface area contributed by atoms with Crippen molar-refractivity contribution in [1.29, 1.82) is 0 Å². The highest BCUT2D eigenvalue weighted by molar-refractivity contribution is 9.38. The Hall–Kier alpha value is 0.830. The highest BCUT2D eigenvalue weighted by Crippen LogP contribution is 2.46. The van der Waals surface area contributed by atoms with Gasteiger partial charge in [0.15, 0.2) is 0 Å². The molecule has 0 N–H and O–H groups in total. The second-order valence-corrected chi connectivity index (χ2v) is 6.27. The minimum Gasteiger partial charge on any atom is -0.325 e. The molecule has 0 aliphatic heterocycles. The molecule has 2 nitrogen and oxygen atoms in total. The van der Waals surface area contributed by atoms with Crippen molar-refractivity contribution in [1.82, 2.24) is 0 Å². The van der Waals surface area contributed by atoms with Crippen LogP contribution in [0.4, 0.5) is 0 Å². The Balaban J connectivity index is 3.27. The van der Waals surface area contributed by atoms with E-state index in [-0.39, 0.29) is 0 Å². The van der Waals surface area contributed by atoms with Crippen LogP contribution in [0.15, 0.2) is 0 Å². The maximum absolute atomic E-state index is 5.41. The largest absolute Gasteiger partial charge is 0.325 e. The fraction of sp³-hybridized carbons (Fsp3) is 1.00. The lowest BCUT2D eigenvalue weighted by Gasteiger charge is -2.13. The third kappa shape index (κ3) is 8.92. The summed E-state index contributed by atoms with van der Waals surface area (Å²) in [4.78, 5) is 0. The third-order valence-corrected chi connectivity index (χ3v) is 2.95. The van der Waals surface area contributed by atoms with Crippen molar-refractivity contribution in [2.75, 3.05) is 13.2 Å². The number of hydrogen-bond acceptors (Lipinski definition) is 2. The molecule has 0 saturated carbocycles. The fourth-order valence-electron chi connectivity index (χ4n) is 0.453. The molecule has 0 aromatic heterocycles. The molecule has 4 heteroatoms. The van der Waals surface area contributed by atoms with Crippen LogP contribution in [0.2, 0.25) is 0 Å². The summed E-state index contributed by atoms with van der Waals surface area (Å²) in [5, 5.41) is 0. The smallest absolute Gasteiger partial charge is 0.246 e. The fourth-order valence-corrected chi connectivity index (χ4v) is 2.07. The van der Waals surface area contributed by atoms with E-state index >= 15 is 0 Å². The molecule has 0 atom stereocenters. The molecular weight excluding hydrogens is 239 g/mol. The second-order valence-electron chi connectivity index (χ2n) is 3.59. The molecule has 0 aromatic carbocycles. The van der Waals surface area contributed by atoms with Gasteiger partial charge in [-0.1, -0.05) is 27.7 Å². The molecule has 0 aliphatic rings. The van der Waals surface area contributed by atoms with Crippen LogP contribution in [0.3, 0.4) is 0 Å². The Morgan fingerprint density at radius 1 is 1.00 bits per heavy atom. The Morgan fingerprint density at radius 2 is 1.33 bits per heavy atom. The highest BCUT2D eigenvalue weighted by Gasteiger charge is 2.07. The minimum atomic E-state index is -0.833. The summed E-state index contributed by atoms with van der Waals surface area (Å²) in [6, 6.07) is 0. The molecule has 0 rings (SSSR count). The lowest BCUT2D eigenvalue weighted by atomic mass is 10.2. The quantitative estimate of drug-likeness (QED) is 0.670. The molecule has 0 heterocycles. The zero-order valence-electron chi connectivity index (χ0n) is 8.21. The van der Waals surface area contributed by atoms with E-state index in [4.69, 9.17) is 9.05 Å². The third-order valence-electron chi connectivity index (χ3n) is 1.02. The molecule has 0 fully saturated rings. The van der Waals surface area contributed by atoms with E-state index in [0.717, 1.165) is 13.2 Å². The monoisotopic (exact) mass is 256 g/mol. The molecule has 12 heavy (non-hydrogen) atoms. The van der Waals surface area contributed by atoms with E-state index in [1.165, 1.54) is 0 Å². The normalized spacial score (nSPS) is 12.0. The summed E-state index contributed by atoms with van der Waals surface area (Å²) >= 11 is 3.36. The summed E-state index contributed by atoms with van der Waals surface area (Å²) in [5.41, 5.74) is 0. The first kappa shape index (κ1) is 12.8. The molecular formula is C8H18BrO2P. The van der Waals surface area contributed by atoms with Crippen LogP contribution in [-0.2, 0) is 9.05 Å². The van der Waals surface area contributed by atoms with Gasteiger partial charge in [0.25, 0.3) is 0 Å². The molecule has 0 unspecified atom stereocenters. The molecule has 0 spiro atoms. The Morgan fingerprint density at radius 3 is 1.58 bits per heavy atom. The van der Waals surface area contributed by atoms with Crippen molar-refractivity contribution < 1.29 is 9.05 Å². The van der Waals surface area contributed by atoms with Crippen LogP contribution in [0.5, 0.6) is 0 Å². The van der Waals surface area contributed by atoms with Gasteiger partial charge in [-0.05, 0) is 11.8 Å². The number of hydrogen-bond donors (Lipinski definition) is 0. The molecule has 0 aromatic rings. The molecule has 0 radical (unpaired) electrons. The molecule has 0 amide bonds. The Kier molecular flexibility index (Phi) is 7.76. The average Bonchev–Trinajstić information content (AvgIpc) is 1.96. The van der Waals surface area contributed by atoms with Crippen molar-refractivity contribution in [2.45, 2.75) is 27.7 Å². The SMILES string of the molecule is CC(C)COP(Br)OCC(C)C. The van der Waals surface area contributed by atoms with Gasteiger partial charge in [-0.2, -0.15) is 0 Å². The van der Waals surface area contributed by atoms with Crippen LogP contribution in [0, 0.1) is 11.8 Å². The summed E-state index contributed by atoms with van der Waals surface area (Å²) < 4.78 is 10.8. The zero-order chi connectivity index (χ0) is 9.56. The van der Waals surface area contributed by atoms with Gasteiger partial charge in [0.05, 0.1) is 13.2 Å². The summed E-state index contributed by atoms with van der Waals surface area (Å²) in [7, 11) is -0.833. The molecule has 0 saturated heterocycles. The van der Waals surface area contributed by atoms with E-state index in [1.54, 1.807) is 0 Å². The van der Waals surface area contributed by atoms with Crippen LogP contribution < -0.4 is 0 Å². The first-order valence-corrected chi connectivity index (χ1v) is 7.43. The average molecular weight is 257 g/mol. The van der Waals surface area contributed by atoms with Crippen LogP contribution in [0.1, 0.15) is 27.7 Å². The van der Waals surface area contributed by atoms with Crippen molar-refractivity contribution in [3.8, 4) is 0 Å². The zero-order valence-corrected chi connectivity index (χ0v) is 10.7. The lowest BCUT2D eigenvalue weighted by molar-refractivity contribution is 0.221.